The molecule has 26 heavy (non-hydrogen) atoms. The third-order valence-electron chi connectivity index (χ3n) is 3.31. The first kappa shape index (κ1) is 18.2. The summed E-state index contributed by atoms with van der Waals surface area (Å²) in [5.41, 5.74) is 5.08. The molecule has 0 spiro atoms. The quantitative estimate of drug-likeness (QED) is 0.293. The third-order valence-corrected chi connectivity index (χ3v) is 5.44. The predicted octanol–water partition coefficient (Wildman–Crippen LogP) is 4.97. The van der Waals surface area contributed by atoms with Crippen LogP contribution in [0.2, 0.25) is 0 Å². The number of nitrogens with zero attached hydrogens (tertiary/aromatic N) is 1. The van der Waals surface area contributed by atoms with Crippen LogP contribution in [0.5, 0.6) is 0 Å². The SMILES string of the molecule is N/C(=N\OC(=O)c1ccc(-c2cccs2)s1)c1ccc(C(F)(F)F)cc1. The Balaban J connectivity index is 1.68. The van der Waals surface area contributed by atoms with Gasteiger partial charge in [0.2, 0.25) is 0 Å². The van der Waals surface area contributed by atoms with Crippen molar-refractivity contribution in [2.24, 2.45) is 10.9 Å². The van der Waals surface area contributed by atoms with Crippen LogP contribution in [-0.2, 0) is 11.0 Å². The van der Waals surface area contributed by atoms with Gasteiger partial charge in [-0.3, -0.25) is 0 Å². The summed E-state index contributed by atoms with van der Waals surface area (Å²) in [6.45, 7) is 0. The second-order valence-corrected chi connectivity index (χ2v) is 7.10. The number of halogens is 3. The van der Waals surface area contributed by atoms with Gasteiger partial charge in [0.05, 0.1) is 5.56 Å². The maximum Gasteiger partial charge on any atom is 0.416 e. The van der Waals surface area contributed by atoms with Crippen LogP contribution in [0.3, 0.4) is 0 Å². The molecule has 4 nitrogen and oxygen atoms in total. The Bertz CT molecular complexity index is 930. The minimum Gasteiger partial charge on any atom is -0.380 e. The highest BCUT2D eigenvalue weighted by atomic mass is 32.1. The van der Waals surface area contributed by atoms with Gasteiger partial charge < -0.3 is 10.6 Å². The van der Waals surface area contributed by atoms with Crippen LogP contribution in [0.15, 0.2) is 59.1 Å². The van der Waals surface area contributed by atoms with E-state index in [0.29, 0.717) is 4.88 Å². The fourth-order valence-corrected chi connectivity index (χ4v) is 3.73. The largest absolute Gasteiger partial charge is 0.416 e. The Morgan fingerprint density at radius 1 is 1.04 bits per heavy atom. The molecule has 3 aromatic rings. The average Bonchev–Trinajstić information content (AvgIpc) is 3.29. The van der Waals surface area contributed by atoms with E-state index in [1.54, 1.807) is 23.5 Å². The van der Waals surface area contributed by atoms with Gasteiger partial charge in [-0.25, -0.2) is 4.79 Å². The van der Waals surface area contributed by atoms with Gasteiger partial charge in [-0.05, 0) is 35.7 Å². The summed E-state index contributed by atoms with van der Waals surface area (Å²) in [5.74, 6) is -0.880. The summed E-state index contributed by atoms with van der Waals surface area (Å²) in [6.07, 6.45) is -4.43. The molecule has 0 amide bonds. The normalized spacial score (nSPS) is 12.2. The fourth-order valence-electron chi connectivity index (χ4n) is 2.02. The fraction of sp³-hybridized carbons (Fsp3) is 0.0588. The monoisotopic (exact) mass is 396 g/mol. The minimum absolute atomic E-state index is 0.192. The van der Waals surface area contributed by atoms with Gasteiger partial charge in [-0.1, -0.05) is 23.4 Å². The van der Waals surface area contributed by atoms with Gasteiger partial charge >= 0.3 is 12.1 Å². The second-order valence-electron chi connectivity index (χ2n) is 5.07. The molecule has 2 heterocycles. The van der Waals surface area contributed by atoms with Crippen molar-refractivity contribution in [3.8, 4) is 9.75 Å². The molecule has 9 heteroatoms. The Hall–Kier alpha value is -2.65. The van der Waals surface area contributed by atoms with Crippen LogP contribution < -0.4 is 5.73 Å². The molecule has 0 aliphatic rings. The molecule has 134 valence electrons. The van der Waals surface area contributed by atoms with E-state index in [4.69, 9.17) is 10.6 Å². The van der Waals surface area contributed by atoms with Gasteiger partial charge in [0, 0.05) is 15.3 Å². The maximum absolute atomic E-state index is 12.5. The molecule has 0 saturated heterocycles. The number of benzene rings is 1. The lowest BCUT2D eigenvalue weighted by Gasteiger charge is -2.07. The number of hydrogen-bond acceptors (Lipinski definition) is 5. The summed E-state index contributed by atoms with van der Waals surface area (Å²) in [7, 11) is 0. The van der Waals surface area contributed by atoms with Crippen LogP contribution in [0.25, 0.3) is 9.75 Å². The van der Waals surface area contributed by atoms with Gasteiger partial charge in [0.1, 0.15) is 4.88 Å². The van der Waals surface area contributed by atoms with Crippen LogP contribution in [0, 0.1) is 0 Å². The van der Waals surface area contributed by atoms with Crippen molar-refractivity contribution < 1.29 is 22.8 Å². The molecule has 2 N–H and O–H groups in total. The zero-order valence-corrected chi connectivity index (χ0v) is 14.6. The van der Waals surface area contributed by atoms with E-state index in [1.807, 2.05) is 17.5 Å². The molecule has 0 saturated carbocycles. The van der Waals surface area contributed by atoms with E-state index in [-0.39, 0.29) is 11.4 Å². The van der Waals surface area contributed by atoms with E-state index in [0.717, 1.165) is 34.0 Å². The van der Waals surface area contributed by atoms with Crippen LogP contribution >= 0.6 is 22.7 Å². The highest BCUT2D eigenvalue weighted by Gasteiger charge is 2.30. The first-order valence-electron chi connectivity index (χ1n) is 7.21. The number of oxime groups is 1. The van der Waals surface area contributed by atoms with Crippen LogP contribution in [0.4, 0.5) is 13.2 Å². The number of nitrogens with two attached hydrogens (primary N) is 1. The topological polar surface area (TPSA) is 64.7 Å². The van der Waals surface area contributed by atoms with E-state index >= 15 is 0 Å². The smallest absolute Gasteiger partial charge is 0.380 e. The summed E-state index contributed by atoms with van der Waals surface area (Å²) in [6, 6.07) is 11.4. The van der Waals surface area contributed by atoms with Crippen molar-refractivity contribution in [1.82, 2.24) is 0 Å². The number of thiophene rings is 2. The molecular weight excluding hydrogens is 385 g/mol. The summed E-state index contributed by atoms with van der Waals surface area (Å²) >= 11 is 2.80. The van der Waals surface area contributed by atoms with Crippen molar-refractivity contribution in [3.63, 3.8) is 0 Å². The highest BCUT2D eigenvalue weighted by Crippen LogP contribution is 2.32. The molecule has 0 unspecified atom stereocenters. The van der Waals surface area contributed by atoms with Gasteiger partial charge in [-0.2, -0.15) is 13.2 Å². The number of amidine groups is 1. The average molecular weight is 396 g/mol. The number of carbonyl (C=O) groups is 1. The lowest BCUT2D eigenvalue weighted by molar-refractivity contribution is -0.137. The number of carbonyl (C=O) groups excluding carboxylic acids is 1. The molecule has 0 radical (unpaired) electrons. The van der Waals surface area contributed by atoms with Crippen molar-refractivity contribution in [1.29, 1.82) is 0 Å². The summed E-state index contributed by atoms with van der Waals surface area (Å²) < 4.78 is 37.6. The Labute approximate surface area is 154 Å². The van der Waals surface area contributed by atoms with E-state index in [1.165, 1.54) is 11.3 Å². The Kier molecular flexibility index (Phi) is 5.10. The molecule has 0 atom stereocenters. The number of alkyl halides is 3. The first-order chi connectivity index (χ1) is 12.3. The Morgan fingerprint density at radius 2 is 1.77 bits per heavy atom. The maximum atomic E-state index is 12.5. The number of rotatable bonds is 4. The van der Waals surface area contributed by atoms with Crippen molar-refractivity contribution in [2.75, 3.05) is 0 Å². The van der Waals surface area contributed by atoms with E-state index < -0.39 is 17.7 Å². The van der Waals surface area contributed by atoms with Crippen LogP contribution in [0.1, 0.15) is 20.8 Å². The molecule has 0 bridgehead atoms. The van der Waals surface area contributed by atoms with Crippen molar-refractivity contribution in [3.05, 3.63) is 69.9 Å². The van der Waals surface area contributed by atoms with Gasteiger partial charge in [0.15, 0.2) is 5.84 Å². The molecule has 1 aromatic carbocycles. The van der Waals surface area contributed by atoms with Crippen molar-refractivity contribution >= 4 is 34.5 Å². The van der Waals surface area contributed by atoms with Crippen LogP contribution in [-0.4, -0.2) is 11.8 Å². The lowest BCUT2D eigenvalue weighted by Crippen LogP contribution is -2.15. The predicted molar refractivity (Wildman–Crippen MR) is 95.2 cm³/mol. The molecule has 2 aromatic heterocycles. The lowest BCUT2D eigenvalue weighted by atomic mass is 10.1. The minimum atomic E-state index is -4.43. The molecule has 0 fully saturated rings. The summed E-state index contributed by atoms with van der Waals surface area (Å²) in [5, 5.41) is 5.44. The first-order valence-corrected chi connectivity index (χ1v) is 8.90. The zero-order chi connectivity index (χ0) is 18.7. The Morgan fingerprint density at radius 3 is 2.38 bits per heavy atom. The zero-order valence-electron chi connectivity index (χ0n) is 13.0. The summed E-state index contributed by atoms with van der Waals surface area (Å²) in [4.78, 5) is 19.1. The highest BCUT2D eigenvalue weighted by molar-refractivity contribution is 7.22. The third kappa shape index (κ3) is 4.12. The van der Waals surface area contributed by atoms with Crippen molar-refractivity contribution in [2.45, 2.75) is 6.18 Å². The number of hydrogen-bond donors (Lipinski definition) is 1. The molecule has 0 aliphatic heterocycles. The standard InChI is InChI=1S/C17H11F3N2O2S2/c18-17(19,20)11-5-3-10(4-6-11)15(21)22-24-16(23)14-8-7-13(26-14)12-2-1-9-25-12/h1-9H,(H2,21,22). The second kappa shape index (κ2) is 7.30. The van der Waals surface area contributed by atoms with Gasteiger partial charge in [0.25, 0.3) is 0 Å². The molecule has 0 aliphatic carbocycles. The molecular formula is C17H11F3N2O2S2. The van der Waals surface area contributed by atoms with Gasteiger partial charge in [-0.15, -0.1) is 22.7 Å². The van der Waals surface area contributed by atoms with E-state index in [2.05, 4.69) is 5.16 Å². The van der Waals surface area contributed by atoms with E-state index in [9.17, 15) is 18.0 Å². The molecule has 3 rings (SSSR count).